The number of carbonyl (C=O) groups excluding carboxylic acids is 1. The maximum Gasteiger partial charge on any atom is 0.225 e. The fraction of sp³-hybridized carbons (Fsp3) is 0.316. The van der Waals surface area contributed by atoms with Crippen molar-refractivity contribution in [1.29, 1.82) is 0 Å². The van der Waals surface area contributed by atoms with Crippen LogP contribution in [-0.2, 0) is 4.79 Å². The maximum absolute atomic E-state index is 11.4. The Morgan fingerprint density at radius 1 is 1.32 bits per heavy atom. The van der Waals surface area contributed by atoms with Crippen molar-refractivity contribution in [2.24, 2.45) is 11.7 Å². The van der Waals surface area contributed by atoms with Crippen LogP contribution in [0, 0.1) is 12.8 Å². The summed E-state index contributed by atoms with van der Waals surface area (Å²) >= 11 is 0. The summed E-state index contributed by atoms with van der Waals surface area (Å²) in [6, 6.07) is 7.93. The molecule has 9 heteroatoms. The lowest BCUT2D eigenvalue weighted by atomic mass is 10.1. The SMILES string of the molecule is Cc1cc2cc(-n3nnc4cnc(N[C@@H]5CC[C@@H](C(N)=O)C5)nc43)ccc2o1. The average molecular weight is 377 g/mol. The van der Waals surface area contributed by atoms with Crippen LogP contribution in [0.2, 0.25) is 0 Å². The van der Waals surface area contributed by atoms with Crippen LogP contribution in [0.25, 0.3) is 27.8 Å². The molecule has 1 fully saturated rings. The molecule has 0 unspecified atom stereocenters. The number of aryl methyl sites for hydroxylation is 1. The van der Waals surface area contributed by atoms with Crippen molar-refractivity contribution in [1.82, 2.24) is 25.0 Å². The smallest absolute Gasteiger partial charge is 0.225 e. The van der Waals surface area contributed by atoms with Gasteiger partial charge in [-0.25, -0.2) is 4.98 Å². The fourth-order valence-corrected chi connectivity index (χ4v) is 3.82. The van der Waals surface area contributed by atoms with Crippen molar-refractivity contribution in [2.75, 3.05) is 5.32 Å². The topological polar surface area (TPSA) is 125 Å². The number of nitrogens with zero attached hydrogens (tertiary/aromatic N) is 5. The molecule has 0 aliphatic heterocycles. The molecule has 1 aromatic carbocycles. The molecule has 1 aliphatic carbocycles. The van der Waals surface area contributed by atoms with Crippen molar-refractivity contribution >= 4 is 34.0 Å². The van der Waals surface area contributed by atoms with Gasteiger partial charge in [-0.1, -0.05) is 5.21 Å². The van der Waals surface area contributed by atoms with E-state index in [1.807, 2.05) is 31.2 Å². The Labute approximate surface area is 159 Å². The predicted octanol–water partition coefficient (Wildman–Crippen LogP) is 2.33. The van der Waals surface area contributed by atoms with Gasteiger partial charge in [0.2, 0.25) is 11.9 Å². The zero-order valence-electron chi connectivity index (χ0n) is 15.3. The van der Waals surface area contributed by atoms with E-state index in [-0.39, 0.29) is 17.9 Å². The lowest BCUT2D eigenvalue weighted by Crippen LogP contribution is -2.23. The van der Waals surface area contributed by atoms with Gasteiger partial charge in [0.1, 0.15) is 11.3 Å². The molecule has 1 aliphatic rings. The van der Waals surface area contributed by atoms with Crippen LogP contribution >= 0.6 is 0 Å². The van der Waals surface area contributed by atoms with Gasteiger partial charge in [0, 0.05) is 17.3 Å². The van der Waals surface area contributed by atoms with Crippen molar-refractivity contribution < 1.29 is 9.21 Å². The Hall–Kier alpha value is -3.49. The van der Waals surface area contributed by atoms with Gasteiger partial charge in [-0.15, -0.1) is 5.10 Å². The summed E-state index contributed by atoms with van der Waals surface area (Å²) in [5, 5.41) is 12.7. The number of aromatic nitrogens is 5. The minimum Gasteiger partial charge on any atom is -0.461 e. The Bertz CT molecular complexity index is 1200. The molecule has 0 bridgehead atoms. The Kier molecular flexibility index (Phi) is 3.75. The molecule has 5 rings (SSSR count). The van der Waals surface area contributed by atoms with E-state index in [1.165, 1.54) is 0 Å². The molecule has 4 aromatic rings. The Morgan fingerprint density at radius 3 is 3.04 bits per heavy atom. The van der Waals surface area contributed by atoms with Crippen LogP contribution in [0.5, 0.6) is 0 Å². The van der Waals surface area contributed by atoms with E-state index < -0.39 is 0 Å². The summed E-state index contributed by atoms with van der Waals surface area (Å²) in [7, 11) is 0. The first-order chi connectivity index (χ1) is 13.6. The molecule has 0 saturated heterocycles. The van der Waals surface area contributed by atoms with E-state index in [2.05, 4.69) is 25.6 Å². The molecule has 28 heavy (non-hydrogen) atoms. The lowest BCUT2D eigenvalue weighted by molar-refractivity contribution is -0.121. The molecule has 3 heterocycles. The van der Waals surface area contributed by atoms with E-state index in [0.717, 1.165) is 35.3 Å². The second-order valence-electron chi connectivity index (χ2n) is 7.24. The third-order valence-electron chi connectivity index (χ3n) is 5.23. The summed E-state index contributed by atoms with van der Waals surface area (Å²) in [5.41, 5.74) is 8.30. The monoisotopic (exact) mass is 377 g/mol. The first-order valence-electron chi connectivity index (χ1n) is 9.22. The number of rotatable bonds is 4. The standard InChI is InChI=1S/C19H19N7O2/c1-10-6-12-8-14(4-5-16(12)28-10)26-18-15(24-25-26)9-21-19(23-18)22-13-3-2-11(7-13)17(20)27/h4-6,8-9,11,13H,2-3,7H2,1H3,(H2,20,27)(H,21,22,23)/t11-,13-/m1/s1. The third-order valence-corrected chi connectivity index (χ3v) is 5.23. The number of primary amides is 1. The number of nitrogens with one attached hydrogen (secondary N) is 1. The average Bonchev–Trinajstić information content (AvgIpc) is 3.38. The number of carbonyl (C=O) groups is 1. The van der Waals surface area contributed by atoms with Crippen LogP contribution in [0.15, 0.2) is 34.9 Å². The Balaban J connectivity index is 1.47. The van der Waals surface area contributed by atoms with Gasteiger partial charge in [0.05, 0.1) is 11.9 Å². The van der Waals surface area contributed by atoms with E-state index in [1.54, 1.807) is 10.9 Å². The first-order valence-corrected chi connectivity index (χ1v) is 9.22. The highest BCUT2D eigenvalue weighted by Gasteiger charge is 2.28. The van der Waals surface area contributed by atoms with Gasteiger partial charge in [0.15, 0.2) is 11.2 Å². The zero-order valence-corrected chi connectivity index (χ0v) is 15.3. The molecule has 142 valence electrons. The highest BCUT2D eigenvalue weighted by atomic mass is 16.3. The van der Waals surface area contributed by atoms with Crippen LogP contribution in [0.3, 0.4) is 0 Å². The number of hydrogen-bond acceptors (Lipinski definition) is 7. The minimum absolute atomic E-state index is 0.0847. The summed E-state index contributed by atoms with van der Waals surface area (Å²) in [5.74, 6) is 1.02. The number of hydrogen-bond donors (Lipinski definition) is 2. The second-order valence-corrected chi connectivity index (χ2v) is 7.24. The van der Waals surface area contributed by atoms with Gasteiger partial charge in [-0.05, 0) is 50.5 Å². The van der Waals surface area contributed by atoms with Gasteiger partial charge in [0.25, 0.3) is 0 Å². The van der Waals surface area contributed by atoms with Crippen LogP contribution in [-0.4, -0.2) is 36.9 Å². The number of furan rings is 1. The highest BCUT2D eigenvalue weighted by molar-refractivity contribution is 5.81. The van der Waals surface area contributed by atoms with Crippen LogP contribution in [0.4, 0.5) is 5.95 Å². The molecular weight excluding hydrogens is 358 g/mol. The number of amides is 1. The second kappa shape index (κ2) is 6.29. The molecule has 0 spiro atoms. The molecule has 2 atom stereocenters. The first kappa shape index (κ1) is 16.7. The van der Waals surface area contributed by atoms with Crippen molar-refractivity contribution in [3.63, 3.8) is 0 Å². The quantitative estimate of drug-likeness (QED) is 0.559. The molecule has 3 aromatic heterocycles. The van der Waals surface area contributed by atoms with E-state index in [4.69, 9.17) is 10.2 Å². The van der Waals surface area contributed by atoms with Crippen molar-refractivity contribution in [3.8, 4) is 5.69 Å². The van der Waals surface area contributed by atoms with Crippen molar-refractivity contribution in [3.05, 3.63) is 36.2 Å². The predicted molar refractivity (Wildman–Crippen MR) is 103 cm³/mol. The molecular formula is C19H19N7O2. The highest BCUT2D eigenvalue weighted by Crippen LogP contribution is 2.28. The molecule has 1 amide bonds. The van der Waals surface area contributed by atoms with E-state index in [0.29, 0.717) is 23.5 Å². The van der Waals surface area contributed by atoms with E-state index >= 15 is 0 Å². The van der Waals surface area contributed by atoms with Gasteiger partial charge >= 0.3 is 0 Å². The minimum atomic E-state index is -0.243. The van der Waals surface area contributed by atoms with Gasteiger partial charge in [-0.2, -0.15) is 9.67 Å². The molecule has 1 saturated carbocycles. The fourth-order valence-electron chi connectivity index (χ4n) is 3.82. The number of nitrogens with two attached hydrogens (primary N) is 1. The number of anilines is 1. The lowest BCUT2D eigenvalue weighted by Gasteiger charge is -2.12. The normalized spacial score (nSPS) is 19.5. The molecule has 3 N–H and O–H groups in total. The van der Waals surface area contributed by atoms with Gasteiger partial charge < -0.3 is 15.5 Å². The van der Waals surface area contributed by atoms with Crippen LogP contribution < -0.4 is 11.1 Å². The number of benzene rings is 1. The molecule has 0 radical (unpaired) electrons. The van der Waals surface area contributed by atoms with Crippen molar-refractivity contribution in [2.45, 2.75) is 32.2 Å². The summed E-state index contributed by atoms with van der Waals surface area (Å²) < 4.78 is 7.32. The van der Waals surface area contributed by atoms with Gasteiger partial charge in [-0.3, -0.25) is 4.79 Å². The Morgan fingerprint density at radius 2 is 2.21 bits per heavy atom. The summed E-state index contributed by atoms with van der Waals surface area (Å²) in [6.07, 6.45) is 4.00. The maximum atomic E-state index is 11.4. The number of fused-ring (bicyclic) bond motifs is 2. The summed E-state index contributed by atoms with van der Waals surface area (Å²) in [4.78, 5) is 20.3. The zero-order chi connectivity index (χ0) is 19.3. The van der Waals surface area contributed by atoms with Crippen LogP contribution in [0.1, 0.15) is 25.0 Å². The van der Waals surface area contributed by atoms with E-state index in [9.17, 15) is 4.79 Å². The third kappa shape index (κ3) is 2.84. The summed E-state index contributed by atoms with van der Waals surface area (Å²) in [6.45, 7) is 1.92. The molecule has 9 nitrogen and oxygen atoms in total. The largest absolute Gasteiger partial charge is 0.461 e.